The molecule has 0 aliphatic rings. The molecule has 0 bridgehead atoms. The van der Waals surface area contributed by atoms with Gasteiger partial charge in [0.25, 0.3) is 0 Å². The average Bonchev–Trinajstić information content (AvgIpc) is 1.65. The van der Waals surface area contributed by atoms with Gasteiger partial charge in [-0.1, -0.05) is 26.7 Å². The molecule has 0 aromatic heterocycles. The Morgan fingerprint density at radius 1 is 1.10 bits per heavy atom. The van der Waals surface area contributed by atoms with Crippen LogP contribution in [0.15, 0.2) is 0 Å². The van der Waals surface area contributed by atoms with Gasteiger partial charge >= 0.3 is 21.1 Å². The van der Waals surface area contributed by atoms with E-state index in [1.165, 1.54) is 0 Å². The van der Waals surface area contributed by atoms with Crippen molar-refractivity contribution < 1.29 is 21.1 Å². The maximum Gasteiger partial charge on any atom is 2.00 e. The molecule has 0 atom stereocenters. The van der Waals surface area contributed by atoms with Gasteiger partial charge in [-0.2, -0.15) is 12.8 Å². The van der Waals surface area contributed by atoms with Crippen LogP contribution >= 0.6 is 0 Å². The molecule has 0 fully saturated rings. The van der Waals surface area contributed by atoms with E-state index in [0.29, 0.717) is 11.3 Å². The van der Waals surface area contributed by atoms with E-state index >= 15 is 0 Å². The van der Waals surface area contributed by atoms with Crippen LogP contribution in [0.4, 0.5) is 0 Å². The second kappa shape index (κ2) is 5.35. The van der Waals surface area contributed by atoms with Crippen molar-refractivity contribution >= 4 is 0 Å². The molecule has 0 spiro atoms. The van der Waals surface area contributed by atoms with Crippen molar-refractivity contribution in [3.63, 3.8) is 0 Å². The molecule has 0 radical (unpaired) electrons. The fourth-order valence-electron chi connectivity index (χ4n) is 1.01. The van der Waals surface area contributed by atoms with Gasteiger partial charge in [-0.05, 0) is 5.41 Å². The minimum Gasteiger partial charge on any atom is -0.343 e. The monoisotopic (exact) mass is 310 g/mol. The smallest absolute Gasteiger partial charge is 0.343 e. The summed E-state index contributed by atoms with van der Waals surface area (Å²) >= 11 is 0. The third-order valence-electron chi connectivity index (χ3n) is 1.92. The maximum absolute atomic E-state index is 3.88. The minimum atomic E-state index is 0. The van der Waals surface area contributed by atoms with Crippen molar-refractivity contribution in [2.75, 3.05) is 0 Å². The molecule has 0 nitrogen and oxygen atoms in total. The summed E-state index contributed by atoms with van der Waals surface area (Å²) in [6.45, 7) is 14.5. The van der Waals surface area contributed by atoms with Crippen molar-refractivity contribution in [1.82, 2.24) is 0 Å². The molecule has 0 aromatic rings. The minimum absolute atomic E-state index is 0. The number of hydrogen-bond acceptors (Lipinski definition) is 0. The van der Waals surface area contributed by atoms with E-state index in [4.69, 9.17) is 0 Å². The molecule has 0 aliphatic heterocycles. The van der Waals surface area contributed by atoms with Gasteiger partial charge in [0, 0.05) is 0 Å². The summed E-state index contributed by atoms with van der Waals surface area (Å²) in [5, 5.41) is 0. The van der Waals surface area contributed by atoms with Crippen LogP contribution in [0, 0.1) is 25.2 Å². The van der Waals surface area contributed by atoms with Crippen LogP contribution in [-0.4, -0.2) is 0 Å². The van der Waals surface area contributed by atoms with E-state index in [9.17, 15) is 0 Å². The summed E-state index contributed by atoms with van der Waals surface area (Å²) in [5.41, 5.74) is 0.392. The summed E-state index contributed by atoms with van der Waals surface area (Å²) in [5.74, 6) is 0.678. The fraction of sp³-hybridized carbons (Fsp3) is 0.778. The van der Waals surface area contributed by atoms with Gasteiger partial charge in [0.15, 0.2) is 0 Å². The topological polar surface area (TPSA) is 0 Å². The molecule has 0 N–H and O–H groups in total. The van der Waals surface area contributed by atoms with Gasteiger partial charge in [-0.15, -0.1) is 0 Å². The van der Waals surface area contributed by atoms with E-state index in [1.54, 1.807) is 0 Å². The Morgan fingerprint density at radius 3 is 1.40 bits per heavy atom. The molecule has 0 aromatic carbocycles. The van der Waals surface area contributed by atoms with E-state index in [-0.39, 0.29) is 21.1 Å². The maximum atomic E-state index is 3.88. The largest absolute Gasteiger partial charge is 2.00 e. The normalized spacial score (nSPS) is 11.4. The molecule has 0 saturated heterocycles. The summed E-state index contributed by atoms with van der Waals surface area (Å²) in [7, 11) is 0. The SMILES string of the molecule is [CH2-]CC(C[CH2-])C(C)(C)C.[W+2]. The summed E-state index contributed by atoms with van der Waals surface area (Å²) < 4.78 is 0. The van der Waals surface area contributed by atoms with Gasteiger partial charge in [-0.25, -0.2) is 0 Å². The predicted molar refractivity (Wildman–Crippen MR) is 42.9 cm³/mol. The molecule has 10 heavy (non-hydrogen) atoms. The standard InChI is InChI=1S/C9H18.W/c1-6-8(7-2)9(3,4)5;/h8H,1-2,6-7H2,3-5H3;/q-2;+2. The fourth-order valence-corrected chi connectivity index (χ4v) is 1.01. The molecule has 60 valence electrons. The molecule has 0 rings (SSSR count). The third kappa shape index (κ3) is 4.50. The van der Waals surface area contributed by atoms with Gasteiger partial charge < -0.3 is 13.8 Å². The molecular formula is C9H18W. The zero-order chi connectivity index (χ0) is 7.49. The first-order valence-electron chi connectivity index (χ1n) is 3.61. The Bertz CT molecular complexity index is 67.3. The van der Waals surface area contributed by atoms with E-state index in [0.717, 1.165) is 12.8 Å². The Balaban J connectivity index is 0. The van der Waals surface area contributed by atoms with E-state index < -0.39 is 0 Å². The van der Waals surface area contributed by atoms with Crippen LogP contribution in [0.5, 0.6) is 0 Å². The van der Waals surface area contributed by atoms with Gasteiger partial charge in [-0.3, -0.25) is 0 Å². The first-order valence-corrected chi connectivity index (χ1v) is 3.61. The third-order valence-corrected chi connectivity index (χ3v) is 1.92. The van der Waals surface area contributed by atoms with Crippen molar-refractivity contribution in [3.8, 4) is 0 Å². The van der Waals surface area contributed by atoms with Crippen LogP contribution in [0.3, 0.4) is 0 Å². The Hall–Kier alpha value is 0.688. The molecule has 0 unspecified atom stereocenters. The second-order valence-corrected chi connectivity index (χ2v) is 3.64. The zero-order valence-corrected chi connectivity index (χ0v) is 10.2. The Morgan fingerprint density at radius 2 is 1.40 bits per heavy atom. The quantitative estimate of drug-likeness (QED) is 0.688. The molecular weight excluding hydrogens is 292 g/mol. The first kappa shape index (κ1) is 13.3. The molecule has 0 aliphatic carbocycles. The van der Waals surface area contributed by atoms with E-state index in [2.05, 4.69) is 34.6 Å². The first-order chi connectivity index (χ1) is 4.02. The zero-order valence-electron chi connectivity index (χ0n) is 7.31. The number of rotatable bonds is 2. The predicted octanol–water partition coefficient (Wildman–Crippen LogP) is 3.09. The van der Waals surface area contributed by atoms with Gasteiger partial charge in [0.1, 0.15) is 0 Å². The Kier molecular flexibility index (Phi) is 7.11. The molecule has 0 heterocycles. The average molecular weight is 310 g/mol. The molecule has 0 saturated carbocycles. The summed E-state index contributed by atoms with van der Waals surface area (Å²) in [6.07, 6.45) is 2.01. The molecule has 1 heteroatoms. The van der Waals surface area contributed by atoms with Gasteiger partial charge in [0.2, 0.25) is 0 Å². The molecule has 0 amide bonds. The van der Waals surface area contributed by atoms with Crippen LogP contribution < -0.4 is 0 Å². The number of hydrogen-bond donors (Lipinski definition) is 0. The van der Waals surface area contributed by atoms with Crippen LogP contribution in [-0.2, 0) is 21.1 Å². The van der Waals surface area contributed by atoms with Crippen LogP contribution in [0.1, 0.15) is 33.6 Å². The van der Waals surface area contributed by atoms with Crippen molar-refractivity contribution in [1.29, 1.82) is 0 Å². The van der Waals surface area contributed by atoms with E-state index in [1.807, 2.05) is 0 Å². The van der Waals surface area contributed by atoms with Crippen molar-refractivity contribution in [2.45, 2.75) is 33.6 Å². The second-order valence-electron chi connectivity index (χ2n) is 3.64. The van der Waals surface area contributed by atoms with Crippen molar-refractivity contribution in [3.05, 3.63) is 13.8 Å². The summed E-state index contributed by atoms with van der Waals surface area (Å²) in [4.78, 5) is 0. The van der Waals surface area contributed by atoms with Crippen molar-refractivity contribution in [2.24, 2.45) is 11.3 Å². The van der Waals surface area contributed by atoms with Crippen LogP contribution in [0.2, 0.25) is 0 Å². The van der Waals surface area contributed by atoms with Crippen LogP contribution in [0.25, 0.3) is 0 Å². The summed E-state index contributed by atoms with van der Waals surface area (Å²) in [6, 6.07) is 0. The van der Waals surface area contributed by atoms with Gasteiger partial charge in [0.05, 0.1) is 0 Å². The Labute approximate surface area is 80.0 Å².